The van der Waals surface area contributed by atoms with Crippen molar-refractivity contribution in [3.05, 3.63) is 93.7 Å². The first-order valence-electron chi connectivity index (χ1n) is 10.3. The van der Waals surface area contributed by atoms with Crippen LogP contribution in [0.3, 0.4) is 0 Å². The zero-order valence-electron chi connectivity index (χ0n) is 18.3. The van der Waals surface area contributed by atoms with E-state index in [2.05, 4.69) is 16.4 Å². The Morgan fingerprint density at radius 1 is 1.12 bits per heavy atom. The third-order valence-corrected chi connectivity index (χ3v) is 5.67. The first kappa shape index (κ1) is 21.6. The predicted molar refractivity (Wildman–Crippen MR) is 131 cm³/mol. The number of nitrogens with zero attached hydrogens (tertiary/aromatic N) is 1. The number of benzene rings is 2. The molecular formula is C25H25N3O3S. The summed E-state index contributed by atoms with van der Waals surface area (Å²) in [5.74, 6) is 1.43. The fourth-order valence-corrected chi connectivity index (χ4v) is 4.01. The van der Waals surface area contributed by atoms with E-state index in [9.17, 15) is 4.79 Å². The summed E-state index contributed by atoms with van der Waals surface area (Å²) in [6.07, 6.45) is 1.62. The second kappa shape index (κ2) is 9.28. The van der Waals surface area contributed by atoms with Gasteiger partial charge >= 0.3 is 0 Å². The summed E-state index contributed by atoms with van der Waals surface area (Å²) in [5.41, 5.74) is 4.31. The molecule has 0 radical (unpaired) electrons. The van der Waals surface area contributed by atoms with Crippen LogP contribution >= 0.6 is 12.2 Å². The Balaban J connectivity index is 1.67. The molecule has 2 heterocycles. The van der Waals surface area contributed by atoms with Gasteiger partial charge in [0.2, 0.25) is 0 Å². The highest BCUT2D eigenvalue weighted by Crippen LogP contribution is 2.24. The lowest BCUT2D eigenvalue weighted by atomic mass is 10.0. The number of aryl methyl sites for hydroxylation is 2. The molecule has 7 heteroatoms. The molecule has 0 aliphatic heterocycles. The number of aromatic nitrogens is 1. The van der Waals surface area contributed by atoms with Crippen molar-refractivity contribution in [2.45, 2.75) is 26.9 Å². The van der Waals surface area contributed by atoms with E-state index >= 15 is 0 Å². The van der Waals surface area contributed by atoms with Crippen LogP contribution in [0.4, 0.5) is 5.69 Å². The highest BCUT2D eigenvalue weighted by Gasteiger charge is 2.17. The van der Waals surface area contributed by atoms with Crippen molar-refractivity contribution in [1.29, 1.82) is 0 Å². The van der Waals surface area contributed by atoms with Gasteiger partial charge in [0.15, 0.2) is 5.11 Å². The molecule has 0 atom stereocenters. The number of para-hydroxylation sites is 2. The molecule has 2 aromatic heterocycles. The van der Waals surface area contributed by atoms with Crippen LogP contribution < -0.4 is 15.6 Å². The summed E-state index contributed by atoms with van der Waals surface area (Å²) in [4.78, 5) is 17.8. The number of thiocarbonyl (C=S) groups is 1. The maximum absolute atomic E-state index is 12.9. The predicted octanol–water partition coefficient (Wildman–Crippen LogP) is 5.15. The first-order valence-corrected chi connectivity index (χ1v) is 10.7. The number of pyridine rings is 1. The van der Waals surface area contributed by atoms with E-state index in [1.165, 1.54) is 0 Å². The molecule has 0 saturated heterocycles. The molecule has 4 rings (SSSR count). The second-order valence-corrected chi connectivity index (χ2v) is 8.12. The number of H-pyrrole nitrogens is 1. The zero-order chi connectivity index (χ0) is 22.7. The number of ether oxygens (including phenoxy) is 1. The van der Waals surface area contributed by atoms with Crippen LogP contribution in [0.15, 0.2) is 70.1 Å². The summed E-state index contributed by atoms with van der Waals surface area (Å²) in [6.45, 7) is 4.80. The Labute approximate surface area is 191 Å². The van der Waals surface area contributed by atoms with Crippen molar-refractivity contribution in [3.63, 3.8) is 0 Å². The molecule has 32 heavy (non-hydrogen) atoms. The molecule has 0 aliphatic rings. The van der Waals surface area contributed by atoms with E-state index in [4.69, 9.17) is 21.4 Å². The number of furan rings is 1. The van der Waals surface area contributed by atoms with Gasteiger partial charge in [-0.25, -0.2) is 0 Å². The van der Waals surface area contributed by atoms with Gasteiger partial charge in [-0.3, -0.25) is 4.79 Å². The van der Waals surface area contributed by atoms with Gasteiger partial charge in [-0.1, -0.05) is 18.2 Å². The van der Waals surface area contributed by atoms with Crippen molar-refractivity contribution in [2.75, 3.05) is 12.4 Å². The average molecular weight is 448 g/mol. The van der Waals surface area contributed by atoms with Gasteiger partial charge in [-0.2, -0.15) is 0 Å². The largest absolute Gasteiger partial charge is 0.495 e. The summed E-state index contributed by atoms with van der Waals surface area (Å²) in [6, 6.07) is 17.3. The maximum Gasteiger partial charge on any atom is 0.253 e. The fourth-order valence-electron chi connectivity index (χ4n) is 3.77. The molecule has 0 unspecified atom stereocenters. The quantitative estimate of drug-likeness (QED) is 0.399. The topological polar surface area (TPSA) is 70.5 Å². The molecule has 6 nitrogen and oxygen atoms in total. The minimum Gasteiger partial charge on any atom is -0.495 e. The van der Waals surface area contributed by atoms with Crippen molar-refractivity contribution in [3.8, 4) is 5.75 Å². The van der Waals surface area contributed by atoms with Gasteiger partial charge in [0.05, 0.1) is 32.1 Å². The minimum absolute atomic E-state index is 0.132. The third-order valence-electron chi connectivity index (χ3n) is 5.31. The Kier molecular flexibility index (Phi) is 6.28. The van der Waals surface area contributed by atoms with Gasteiger partial charge in [0.1, 0.15) is 11.5 Å². The number of methoxy groups -OCH3 is 1. The lowest BCUT2D eigenvalue weighted by Crippen LogP contribution is -2.35. The van der Waals surface area contributed by atoms with E-state index in [0.29, 0.717) is 29.5 Å². The summed E-state index contributed by atoms with van der Waals surface area (Å²) in [5, 5.41) is 4.73. The van der Waals surface area contributed by atoms with Crippen molar-refractivity contribution < 1.29 is 9.15 Å². The monoisotopic (exact) mass is 447 g/mol. The summed E-state index contributed by atoms with van der Waals surface area (Å²) in [7, 11) is 1.61. The van der Waals surface area contributed by atoms with Crippen LogP contribution in [0.5, 0.6) is 5.75 Å². The first-order chi connectivity index (χ1) is 15.4. The Bertz CT molecular complexity index is 1310. The number of nitrogens with one attached hydrogen (secondary N) is 2. The Morgan fingerprint density at radius 2 is 1.94 bits per heavy atom. The lowest BCUT2D eigenvalue weighted by molar-refractivity contribution is 0.359. The Morgan fingerprint density at radius 3 is 2.69 bits per heavy atom. The van der Waals surface area contributed by atoms with Crippen LogP contribution in [0.1, 0.15) is 22.5 Å². The third kappa shape index (κ3) is 4.68. The average Bonchev–Trinajstić information content (AvgIpc) is 3.27. The molecule has 4 aromatic rings. The number of anilines is 1. The van der Waals surface area contributed by atoms with Crippen molar-refractivity contribution in [1.82, 2.24) is 9.88 Å². The highest BCUT2D eigenvalue weighted by molar-refractivity contribution is 7.80. The smallest absolute Gasteiger partial charge is 0.253 e. The number of hydrogen-bond donors (Lipinski definition) is 2. The normalized spacial score (nSPS) is 10.8. The second-order valence-electron chi connectivity index (χ2n) is 7.73. The molecule has 164 valence electrons. The maximum atomic E-state index is 12.9. The van der Waals surface area contributed by atoms with Gasteiger partial charge in [0.25, 0.3) is 5.56 Å². The SMILES string of the molecule is COc1ccccc1NC(=S)N(Cc1ccco1)Cc1cc2c(C)cc(C)cc2[nH]c1=O. The van der Waals surface area contributed by atoms with Crippen LogP contribution in [-0.2, 0) is 13.1 Å². The minimum atomic E-state index is -0.132. The van der Waals surface area contributed by atoms with Crippen molar-refractivity contribution in [2.24, 2.45) is 0 Å². The molecule has 0 saturated carbocycles. The number of aromatic amines is 1. The van der Waals surface area contributed by atoms with Crippen LogP contribution in [0, 0.1) is 13.8 Å². The molecule has 0 bridgehead atoms. The standard InChI is InChI=1S/C25H25N3O3S/c1-16-11-17(2)20-13-18(24(29)26-22(20)12-16)14-28(15-19-7-6-10-31-19)25(32)27-21-8-4-5-9-23(21)30-3/h4-13H,14-15H2,1-3H3,(H,26,29)(H,27,32). The van der Waals surface area contributed by atoms with Crippen LogP contribution in [-0.4, -0.2) is 22.1 Å². The van der Waals surface area contributed by atoms with E-state index in [1.807, 2.05) is 67.3 Å². The van der Waals surface area contributed by atoms with Crippen LogP contribution in [0.25, 0.3) is 10.9 Å². The van der Waals surface area contributed by atoms with Gasteiger partial charge in [-0.15, -0.1) is 0 Å². The highest BCUT2D eigenvalue weighted by atomic mass is 32.1. The number of rotatable bonds is 6. The van der Waals surface area contributed by atoms with Crippen LogP contribution in [0.2, 0.25) is 0 Å². The zero-order valence-corrected chi connectivity index (χ0v) is 19.1. The van der Waals surface area contributed by atoms with Gasteiger partial charge in [0, 0.05) is 16.5 Å². The fraction of sp³-hybridized carbons (Fsp3) is 0.200. The van der Waals surface area contributed by atoms with Gasteiger partial charge in [-0.05, 0) is 73.6 Å². The van der Waals surface area contributed by atoms with E-state index in [1.54, 1.807) is 13.4 Å². The molecule has 0 aliphatic carbocycles. The molecule has 0 amide bonds. The van der Waals surface area contributed by atoms with Gasteiger partial charge < -0.3 is 24.4 Å². The molecule has 2 aromatic carbocycles. The lowest BCUT2D eigenvalue weighted by Gasteiger charge is -2.25. The molecule has 2 N–H and O–H groups in total. The summed E-state index contributed by atoms with van der Waals surface area (Å²) < 4.78 is 11.0. The molecule has 0 fully saturated rings. The van der Waals surface area contributed by atoms with E-state index in [-0.39, 0.29) is 5.56 Å². The Hall–Kier alpha value is -3.58. The molecular weight excluding hydrogens is 422 g/mol. The number of hydrogen-bond acceptors (Lipinski definition) is 4. The van der Waals surface area contributed by atoms with Crippen molar-refractivity contribution >= 4 is 33.9 Å². The summed E-state index contributed by atoms with van der Waals surface area (Å²) >= 11 is 5.72. The molecule has 0 spiro atoms. The van der Waals surface area contributed by atoms with E-state index in [0.717, 1.165) is 33.5 Å². The number of fused-ring (bicyclic) bond motifs is 1. The van der Waals surface area contributed by atoms with E-state index < -0.39 is 0 Å².